The molecular weight excluding hydrogens is 265 g/mol. The van der Waals surface area contributed by atoms with Crippen LogP contribution in [0, 0.1) is 0 Å². The van der Waals surface area contributed by atoms with E-state index >= 15 is 0 Å². The van der Waals surface area contributed by atoms with E-state index in [-0.39, 0.29) is 0 Å². The number of hydrogen-bond donors (Lipinski definition) is 1. The maximum Gasteiger partial charge on any atom is 0.368 e. The van der Waals surface area contributed by atoms with Gasteiger partial charge in [-0.05, 0) is 12.1 Å². The van der Waals surface area contributed by atoms with Crippen molar-refractivity contribution in [2.24, 2.45) is 0 Å². The minimum atomic E-state index is -5.69. The lowest BCUT2D eigenvalue weighted by atomic mass is 10.5. The van der Waals surface area contributed by atoms with Crippen LogP contribution in [-0.2, 0) is 0 Å². The van der Waals surface area contributed by atoms with Crippen LogP contribution in [0.3, 0.4) is 0 Å². The number of nitrogens with zero attached hydrogens (tertiary/aromatic N) is 1. The molecule has 0 saturated carbocycles. The van der Waals surface area contributed by atoms with Crippen LogP contribution < -0.4 is 30.4 Å². The van der Waals surface area contributed by atoms with Crippen molar-refractivity contribution in [2.75, 3.05) is 0 Å². The van der Waals surface area contributed by atoms with Crippen molar-refractivity contribution in [3.05, 3.63) is 30.6 Å². The summed E-state index contributed by atoms with van der Waals surface area (Å²) in [5.41, 5.74) is 0. The summed E-state index contributed by atoms with van der Waals surface area (Å²) < 4.78 is 33.2. The maximum absolute atomic E-state index is 8.73. The van der Waals surface area contributed by atoms with Crippen molar-refractivity contribution >= 4 is 0 Å². The highest BCUT2D eigenvalue weighted by Gasteiger charge is 2.11. The molecule has 0 aliphatic carbocycles. The van der Waals surface area contributed by atoms with E-state index < -0.39 is 20.1 Å². The smallest absolute Gasteiger partial charge is 0.265 e. The Kier molecular flexibility index (Phi) is 5.24. The molecule has 62 valence electrons. The monoisotopic (exact) mass is 271 g/mol. The van der Waals surface area contributed by atoms with Crippen LogP contribution in [0.15, 0.2) is 30.6 Å². The van der Waals surface area contributed by atoms with Gasteiger partial charge in [-0.2, -0.15) is 0 Å². The van der Waals surface area contributed by atoms with Crippen LogP contribution in [-0.4, -0.2) is 8.42 Å². The van der Waals surface area contributed by atoms with Gasteiger partial charge in [-0.15, -0.1) is 0 Å². The zero-order valence-corrected chi connectivity index (χ0v) is 7.54. The fraction of sp³-hybridized carbons (Fsp3) is 0. The van der Waals surface area contributed by atoms with Gasteiger partial charge in [-0.25, -0.2) is 0 Å². The molecular formula is C5H6INO4. The summed E-state index contributed by atoms with van der Waals surface area (Å²) in [5, 5.41) is 0. The standard InChI is InChI=1S/C5H5N.HIO4/c1-2-4-6-5-3-1;2-1(3,4)5/h1-5H;2H. The minimum absolute atomic E-state index is 1.75. The van der Waals surface area contributed by atoms with Crippen molar-refractivity contribution in [3.8, 4) is 0 Å². The highest BCUT2D eigenvalue weighted by atomic mass is 127. The molecule has 1 rings (SSSR count). The fourth-order valence-electron chi connectivity index (χ4n) is 0.313. The van der Waals surface area contributed by atoms with Gasteiger partial charge in [0.1, 0.15) is 0 Å². The van der Waals surface area contributed by atoms with Crippen molar-refractivity contribution in [1.29, 1.82) is 0 Å². The second-order valence-electron chi connectivity index (χ2n) is 1.42. The van der Waals surface area contributed by atoms with Crippen LogP contribution in [0.25, 0.3) is 0 Å². The highest BCUT2D eigenvalue weighted by molar-refractivity contribution is 4.88. The first-order valence-electron chi connectivity index (χ1n) is 2.48. The Hall–Kier alpha value is -0.280. The Morgan fingerprint density at radius 3 is 1.45 bits per heavy atom. The second-order valence-corrected chi connectivity index (χ2v) is 3.68. The molecule has 0 aromatic carbocycles. The van der Waals surface area contributed by atoms with Crippen molar-refractivity contribution < 1.29 is 33.8 Å². The van der Waals surface area contributed by atoms with Crippen molar-refractivity contribution in [1.82, 2.24) is 4.98 Å². The van der Waals surface area contributed by atoms with Crippen LogP contribution >= 0.6 is 0 Å². The summed E-state index contributed by atoms with van der Waals surface area (Å²) in [6.45, 7) is 0. The molecule has 6 heteroatoms. The average molecular weight is 271 g/mol. The number of aromatic nitrogens is 1. The molecule has 1 aromatic heterocycles. The summed E-state index contributed by atoms with van der Waals surface area (Å²) in [5.74, 6) is 0. The number of hydrogen-bond acceptors (Lipinski definition) is 5. The van der Waals surface area contributed by atoms with Gasteiger partial charge in [0, 0.05) is 15.8 Å². The molecule has 0 saturated heterocycles. The summed E-state index contributed by atoms with van der Waals surface area (Å²) in [6.07, 6.45) is 3.50. The minimum Gasteiger partial charge on any atom is -0.265 e. The second kappa shape index (κ2) is 5.38. The van der Waals surface area contributed by atoms with Gasteiger partial charge in [0.05, 0.1) is 0 Å². The number of halogens is 1. The Balaban J connectivity index is 0.000000187. The molecule has 1 aromatic rings. The zero-order valence-electron chi connectivity index (χ0n) is 5.38. The predicted molar refractivity (Wildman–Crippen MR) is 26.5 cm³/mol. The third kappa shape index (κ3) is 17.7. The van der Waals surface area contributed by atoms with Gasteiger partial charge < -0.3 is 0 Å². The van der Waals surface area contributed by atoms with Crippen LogP contribution in [0.1, 0.15) is 0 Å². The molecule has 1 heterocycles. The lowest BCUT2D eigenvalue weighted by molar-refractivity contribution is -1.92. The Morgan fingerprint density at radius 2 is 1.36 bits per heavy atom. The fourth-order valence-corrected chi connectivity index (χ4v) is 0.313. The first-order valence-corrected chi connectivity index (χ1v) is 6.09. The highest BCUT2D eigenvalue weighted by Crippen LogP contribution is 1.73. The Bertz CT molecular complexity index is 143. The number of rotatable bonds is 0. The Morgan fingerprint density at radius 1 is 1.00 bits per heavy atom. The Labute approximate surface area is 69.7 Å². The van der Waals surface area contributed by atoms with Gasteiger partial charge in [-0.3, -0.25) is 15.3 Å². The lowest BCUT2D eigenvalue weighted by Gasteiger charge is -1.93. The van der Waals surface area contributed by atoms with Gasteiger partial charge in [-0.1, -0.05) is 6.07 Å². The molecule has 11 heavy (non-hydrogen) atoms. The molecule has 0 bridgehead atoms. The molecule has 1 N–H and O–H groups in total. The largest absolute Gasteiger partial charge is 0.368 e. The molecule has 0 radical (unpaired) electrons. The summed E-state index contributed by atoms with van der Waals surface area (Å²) in [7, 11) is 0. The first kappa shape index (κ1) is 10.7. The molecule has 0 aliphatic heterocycles. The maximum atomic E-state index is 8.73. The normalized spacial score (nSPS) is 9.82. The van der Waals surface area contributed by atoms with Gasteiger partial charge in [0.15, 0.2) is 0 Å². The average Bonchev–Trinajstić information content (AvgIpc) is 1.88. The van der Waals surface area contributed by atoms with E-state index in [4.69, 9.17) is 13.7 Å². The van der Waals surface area contributed by atoms with Crippen LogP contribution in [0.5, 0.6) is 0 Å². The third-order valence-corrected chi connectivity index (χ3v) is 0.566. The lowest BCUT2D eigenvalue weighted by Crippen LogP contribution is -4.23. The van der Waals surface area contributed by atoms with E-state index in [2.05, 4.69) is 4.98 Å². The summed E-state index contributed by atoms with van der Waals surface area (Å²) in [6, 6.07) is 5.72. The van der Waals surface area contributed by atoms with E-state index in [1.54, 1.807) is 12.4 Å². The zero-order chi connectivity index (χ0) is 8.74. The molecule has 0 amide bonds. The predicted octanol–water partition coefficient (Wildman–Crippen LogP) is -6.04. The molecule has 0 spiro atoms. The van der Waals surface area contributed by atoms with Gasteiger partial charge in [0.25, 0.3) is 0 Å². The number of pyridine rings is 1. The molecule has 5 nitrogen and oxygen atoms in total. The third-order valence-electron chi connectivity index (χ3n) is 0.566. The summed E-state index contributed by atoms with van der Waals surface area (Å²) in [4.78, 5) is 3.78. The summed E-state index contributed by atoms with van der Waals surface area (Å²) >= 11 is -5.69. The molecule has 0 unspecified atom stereocenters. The first-order chi connectivity index (χ1) is 5.00. The topological polar surface area (TPSA) is 102 Å². The van der Waals surface area contributed by atoms with E-state index in [0.29, 0.717) is 0 Å². The van der Waals surface area contributed by atoms with Gasteiger partial charge >= 0.3 is 20.1 Å². The quantitative estimate of drug-likeness (QED) is 0.473. The van der Waals surface area contributed by atoms with Crippen LogP contribution in [0.2, 0.25) is 0 Å². The van der Waals surface area contributed by atoms with E-state index in [1.165, 1.54) is 0 Å². The molecule has 0 aliphatic rings. The van der Waals surface area contributed by atoms with Crippen LogP contribution in [0.4, 0.5) is 0 Å². The van der Waals surface area contributed by atoms with Gasteiger partial charge in [0.2, 0.25) is 0 Å². The van der Waals surface area contributed by atoms with Crippen molar-refractivity contribution in [2.45, 2.75) is 0 Å². The molecule has 0 fully saturated rings. The van der Waals surface area contributed by atoms with E-state index in [9.17, 15) is 0 Å². The van der Waals surface area contributed by atoms with E-state index in [1.807, 2.05) is 18.2 Å². The SMILES string of the molecule is [O-][I+3]([O-])([O-])O.c1ccncc1. The van der Waals surface area contributed by atoms with Crippen molar-refractivity contribution in [3.63, 3.8) is 0 Å². The molecule has 0 atom stereocenters. The van der Waals surface area contributed by atoms with E-state index in [0.717, 1.165) is 0 Å².